The molecule has 0 saturated carbocycles. The number of benzene rings is 2. The molecule has 3 aromatic rings. The van der Waals surface area contributed by atoms with Crippen molar-refractivity contribution in [2.75, 3.05) is 0 Å². The van der Waals surface area contributed by atoms with Crippen molar-refractivity contribution in [3.05, 3.63) is 73.1 Å². The molecule has 23 heavy (non-hydrogen) atoms. The van der Waals surface area contributed by atoms with Crippen LogP contribution in [0.25, 0.3) is 0 Å². The van der Waals surface area contributed by atoms with E-state index in [0.717, 1.165) is 5.75 Å². The molecule has 0 fully saturated rings. The van der Waals surface area contributed by atoms with Crippen molar-refractivity contribution in [3.63, 3.8) is 0 Å². The maximum Gasteiger partial charge on any atom is 0.320 e. The van der Waals surface area contributed by atoms with E-state index in [-0.39, 0.29) is 5.04 Å². The van der Waals surface area contributed by atoms with Crippen LogP contribution in [0, 0.1) is 0 Å². The first-order chi connectivity index (χ1) is 11.0. The molecule has 4 heteroatoms. The van der Waals surface area contributed by atoms with E-state index < -0.39 is 8.32 Å². The second kappa shape index (κ2) is 6.05. The first-order valence-corrected chi connectivity index (χ1v) is 9.74. The molecule has 0 atom stereocenters. The van der Waals surface area contributed by atoms with E-state index in [1.165, 1.54) is 10.4 Å². The fraction of sp³-hybridized carbons (Fsp3) is 0.211. The Morgan fingerprint density at radius 2 is 1.39 bits per heavy atom. The van der Waals surface area contributed by atoms with Crippen LogP contribution >= 0.6 is 0 Å². The molecule has 1 aromatic heterocycles. The van der Waals surface area contributed by atoms with Gasteiger partial charge >= 0.3 is 8.32 Å². The summed E-state index contributed by atoms with van der Waals surface area (Å²) in [5, 5.41) is 9.39. The van der Waals surface area contributed by atoms with Gasteiger partial charge in [0.15, 0.2) is 0 Å². The molecule has 0 bridgehead atoms. The number of nitrogens with zero attached hydrogens (tertiary/aromatic N) is 1. The van der Waals surface area contributed by atoms with Crippen molar-refractivity contribution < 1.29 is 4.43 Å². The molecule has 0 spiro atoms. The van der Waals surface area contributed by atoms with Gasteiger partial charge in [-0.1, -0.05) is 81.4 Å². The zero-order valence-corrected chi connectivity index (χ0v) is 14.8. The molecular formula is C19H22N2OSi. The van der Waals surface area contributed by atoms with Crippen LogP contribution in [-0.2, 0) is 0 Å². The normalized spacial score (nSPS) is 12.1. The highest BCUT2D eigenvalue weighted by Crippen LogP contribution is 2.37. The standard InChI is InChI=1S/C19H22N2OSi/c1-19(2,3)23(17-10-6-4-7-11-17,18-12-8-5-9-13-18)22-16-14-20-21-15-16/h4-15H,1-3H3,(H,20,21). The van der Waals surface area contributed by atoms with Crippen LogP contribution in [0.15, 0.2) is 73.1 Å². The van der Waals surface area contributed by atoms with Gasteiger partial charge < -0.3 is 4.43 Å². The number of H-pyrrole nitrogens is 1. The largest absolute Gasteiger partial charge is 0.532 e. The number of nitrogens with one attached hydrogen (secondary N) is 1. The average Bonchev–Trinajstić information content (AvgIpc) is 3.06. The Morgan fingerprint density at radius 3 is 1.78 bits per heavy atom. The Kier molecular flexibility index (Phi) is 4.09. The minimum atomic E-state index is -2.51. The van der Waals surface area contributed by atoms with Crippen molar-refractivity contribution in [1.29, 1.82) is 0 Å². The predicted octanol–water partition coefficient (Wildman–Crippen LogP) is 3.35. The summed E-state index contributed by atoms with van der Waals surface area (Å²) >= 11 is 0. The van der Waals surface area contributed by atoms with E-state index in [4.69, 9.17) is 4.43 Å². The van der Waals surface area contributed by atoms with E-state index in [1.54, 1.807) is 6.20 Å². The number of rotatable bonds is 4. The van der Waals surface area contributed by atoms with Crippen LogP contribution in [0.2, 0.25) is 5.04 Å². The summed E-state index contributed by atoms with van der Waals surface area (Å²) in [6.45, 7) is 6.79. The van der Waals surface area contributed by atoms with Gasteiger partial charge in [0.1, 0.15) is 5.75 Å². The van der Waals surface area contributed by atoms with Crippen molar-refractivity contribution >= 4 is 18.7 Å². The molecule has 1 heterocycles. The van der Waals surface area contributed by atoms with Gasteiger partial charge in [-0.25, -0.2) is 0 Å². The van der Waals surface area contributed by atoms with Gasteiger partial charge in [-0.3, -0.25) is 5.10 Å². The van der Waals surface area contributed by atoms with Crippen LogP contribution in [-0.4, -0.2) is 18.5 Å². The van der Waals surface area contributed by atoms with E-state index in [1.807, 2.05) is 18.3 Å². The molecule has 3 rings (SSSR count). The number of aromatic nitrogens is 2. The van der Waals surface area contributed by atoms with Crippen molar-refractivity contribution in [2.24, 2.45) is 0 Å². The van der Waals surface area contributed by atoms with Crippen molar-refractivity contribution in [1.82, 2.24) is 10.2 Å². The third kappa shape index (κ3) is 2.82. The third-order valence-electron chi connectivity index (χ3n) is 4.16. The van der Waals surface area contributed by atoms with E-state index >= 15 is 0 Å². The minimum Gasteiger partial charge on any atom is -0.532 e. The number of aromatic amines is 1. The second-order valence-corrected chi connectivity index (χ2v) is 10.9. The van der Waals surface area contributed by atoms with Gasteiger partial charge in [0.05, 0.1) is 12.4 Å². The maximum atomic E-state index is 6.72. The van der Waals surface area contributed by atoms with Crippen LogP contribution < -0.4 is 14.8 Å². The highest BCUT2D eigenvalue weighted by Gasteiger charge is 2.52. The molecule has 118 valence electrons. The van der Waals surface area contributed by atoms with Gasteiger partial charge in [0, 0.05) is 0 Å². The number of hydrogen-bond donors (Lipinski definition) is 1. The Hall–Kier alpha value is -2.33. The Balaban J connectivity index is 2.26. The molecule has 0 aliphatic rings. The van der Waals surface area contributed by atoms with E-state index in [0.29, 0.717) is 0 Å². The van der Waals surface area contributed by atoms with Crippen LogP contribution in [0.5, 0.6) is 5.75 Å². The zero-order valence-electron chi connectivity index (χ0n) is 13.8. The molecule has 0 unspecified atom stereocenters. The lowest BCUT2D eigenvalue weighted by molar-refractivity contribution is 0.508. The van der Waals surface area contributed by atoms with Gasteiger partial charge in [-0.05, 0) is 15.4 Å². The first-order valence-electron chi connectivity index (χ1n) is 7.83. The third-order valence-corrected chi connectivity index (χ3v) is 9.11. The minimum absolute atomic E-state index is 0.0347. The van der Waals surface area contributed by atoms with Gasteiger partial charge in [0.25, 0.3) is 0 Å². The first kappa shape index (κ1) is 15.6. The maximum absolute atomic E-state index is 6.72. The highest BCUT2D eigenvalue weighted by atomic mass is 28.4. The molecule has 1 N–H and O–H groups in total. The van der Waals surface area contributed by atoms with E-state index in [2.05, 4.69) is 79.5 Å². The van der Waals surface area contributed by atoms with Crippen LogP contribution in [0.4, 0.5) is 0 Å². The Morgan fingerprint density at radius 1 is 0.870 bits per heavy atom. The van der Waals surface area contributed by atoms with E-state index in [9.17, 15) is 0 Å². The summed E-state index contributed by atoms with van der Waals surface area (Å²) in [5.74, 6) is 0.791. The quantitative estimate of drug-likeness (QED) is 0.748. The molecule has 0 aliphatic carbocycles. The second-order valence-electron chi connectivity index (χ2n) is 6.70. The van der Waals surface area contributed by atoms with Gasteiger partial charge in [0.2, 0.25) is 0 Å². The van der Waals surface area contributed by atoms with Crippen LogP contribution in [0.3, 0.4) is 0 Å². The molecule has 0 saturated heterocycles. The summed E-state index contributed by atoms with van der Waals surface area (Å²) in [4.78, 5) is 0. The molecule has 2 aromatic carbocycles. The summed E-state index contributed by atoms with van der Waals surface area (Å²) in [6, 6.07) is 21.2. The molecular weight excluding hydrogens is 300 g/mol. The van der Waals surface area contributed by atoms with Crippen molar-refractivity contribution in [2.45, 2.75) is 25.8 Å². The van der Waals surface area contributed by atoms with Crippen molar-refractivity contribution in [3.8, 4) is 5.75 Å². The lowest BCUT2D eigenvalue weighted by Crippen LogP contribution is -2.68. The SMILES string of the molecule is CC(C)(C)[Si](Oc1cn[nH]c1)(c1ccccc1)c1ccccc1. The summed E-state index contributed by atoms with van der Waals surface area (Å²) < 4.78 is 6.72. The molecule has 3 nitrogen and oxygen atoms in total. The number of hydrogen-bond acceptors (Lipinski definition) is 2. The highest BCUT2D eigenvalue weighted by molar-refractivity contribution is 7.00. The van der Waals surface area contributed by atoms with Gasteiger partial charge in [-0.15, -0.1) is 0 Å². The fourth-order valence-electron chi connectivity index (χ4n) is 3.12. The molecule has 0 radical (unpaired) electrons. The topological polar surface area (TPSA) is 37.9 Å². The monoisotopic (exact) mass is 322 g/mol. The smallest absolute Gasteiger partial charge is 0.320 e. The van der Waals surface area contributed by atoms with Gasteiger partial charge in [-0.2, -0.15) is 5.10 Å². The Bertz CT molecular complexity index is 695. The lowest BCUT2D eigenvalue weighted by atomic mass is 10.2. The fourth-order valence-corrected chi connectivity index (χ4v) is 7.52. The van der Waals surface area contributed by atoms with Crippen LogP contribution in [0.1, 0.15) is 20.8 Å². The zero-order chi connectivity index (χ0) is 16.3. The summed E-state index contributed by atoms with van der Waals surface area (Å²) in [5.41, 5.74) is 0. The molecule has 0 amide bonds. The Labute approximate surface area is 138 Å². The lowest BCUT2D eigenvalue weighted by Gasteiger charge is -2.42. The summed E-state index contributed by atoms with van der Waals surface area (Å²) in [6.07, 6.45) is 3.57. The molecule has 0 aliphatic heterocycles. The predicted molar refractivity (Wildman–Crippen MR) is 96.8 cm³/mol. The average molecular weight is 322 g/mol. The summed E-state index contributed by atoms with van der Waals surface area (Å²) in [7, 11) is -2.51.